The Labute approximate surface area is 159 Å². The second-order valence-electron chi connectivity index (χ2n) is 5.90. The number of ether oxygens (including phenoxy) is 2. The smallest absolute Gasteiger partial charge is 0.135 e. The number of rotatable bonds is 9. The molecule has 1 aromatic heterocycles. The fourth-order valence-corrected chi connectivity index (χ4v) is 2.60. The molecule has 2 aromatic carbocycles. The molecule has 0 saturated carbocycles. The molecule has 2 N–H and O–H groups in total. The van der Waals surface area contributed by atoms with E-state index in [1.54, 1.807) is 13.4 Å². The minimum absolute atomic E-state index is 0.657. The zero-order chi connectivity index (χ0) is 18.9. The standard InChI is InChI=1S/C21H24N4O2/c1-3-27-19-10-6-17(7-11-19)25-21-14-20(23-15-24-21)22-13-12-16-4-8-18(26-2)9-5-16/h4-11,14-15H,3,12-13H2,1-2H3,(H2,22,23,24,25). The Morgan fingerprint density at radius 3 is 2.30 bits per heavy atom. The number of aromatic nitrogens is 2. The van der Waals surface area contributed by atoms with E-state index in [-0.39, 0.29) is 0 Å². The van der Waals surface area contributed by atoms with Crippen LogP contribution in [0.15, 0.2) is 60.9 Å². The Balaban J connectivity index is 1.53. The SMILES string of the molecule is CCOc1ccc(Nc2cc(NCCc3ccc(OC)cc3)ncn2)cc1. The molecule has 0 spiro atoms. The van der Waals surface area contributed by atoms with Gasteiger partial charge in [-0.3, -0.25) is 0 Å². The second-order valence-corrected chi connectivity index (χ2v) is 5.90. The molecule has 0 fully saturated rings. The van der Waals surface area contributed by atoms with Crippen molar-refractivity contribution in [1.29, 1.82) is 0 Å². The number of anilines is 3. The van der Waals surface area contributed by atoms with Gasteiger partial charge in [0.05, 0.1) is 13.7 Å². The van der Waals surface area contributed by atoms with E-state index in [9.17, 15) is 0 Å². The average molecular weight is 364 g/mol. The van der Waals surface area contributed by atoms with Crippen molar-refractivity contribution in [3.05, 3.63) is 66.5 Å². The van der Waals surface area contributed by atoms with E-state index in [4.69, 9.17) is 9.47 Å². The lowest BCUT2D eigenvalue weighted by Crippen LogP contribution is -2.07. The maximum absolute atomic E-state index is 5.45. The highest BCUT2D eigenvalue weighted by Crippen LogP contribution is 2.20. The number of hydrogen-bond acceptors (Lipinski definition) is 6. The van der Waals surface area contributed by atoms with Crippen LogP contribution in [0.3, 0.4) is 0 Å². The van der Waals surface area contributed by atoms with Crippen LogP contribution in [-0.4, -0.2) is 30.2 Å². The number of nitrogens with one attached hydrogen (secondary N) is 2. The first-order chi connectivity index (χ1) is 13.3. The van der Waals surface area contributed by atoms with Crippen molar-refractivity contribution in [3.8, 4) is 11.5 Å². The lowest BCUT2D eigenvalue weighted by molar-refractivity contribution is 0.340. The van der Waals surface area contributed by atoms with Gasteiger partial charge in [0, 0.05) is 18.3 Å². The molecule has 3 aromatic rings. The van der Waals surface area contributed by atoms with Crippen molar-refractivity contribution >= 4 is 17.3 Å². The first-order valence-corrected chi connectivity index (χ1v) is 8.95. The van der Waals surface area contributed by atoms with Gasteiger partial charge in [-0.05, 0) is 55.3 Å². The molecule has 140 valence electrons. The van der Waals surface area contributed by atoms with E-state index >= 15 is 0 Å². The van der Waals surface area contributed by atoms with E-state index in [0.717, 1.165) is 41.8 Å². The first kappa shape index (κ1) is 18.5. The fourth-order valence-electron chi connectivity index (χ4n) is 2.60. The third-order valence-electron chi connectivity index (χ3n) is 3.98. The second kappa shape index (κ2) is 9.43. The minimum Gasteiger partial charge on any atom is -0.497 e. The Morgan fingerprint density at radius 1 is 0.889 bits per heavy atom. The summed E-state index contributed by atoms with van der Waals surface area (Å²) in [5.41, 5.74) is 2.19. The molecule has 0 bridgehead atoms. The number of hydrogen-bond donors (Lipinski definition) is 2. The highest BCUT2D eigenvalue weighted by molar-refractivity contribution is 5.59. The fraction of sp³-hybridized carbons (Fsp3) is 0.238. The van der Waals surface area contributed by atoms with Gasteiger partial charge in [0.25, 0.3) is 0 Å². The van der Waals surface area contributed by atoms with E-state index in [0.29, 0.717) is 6.61 Å². The van der Waals surface area contributed by atoms with Gasteiger partial charge in [0.2, 0.25) is 0 Å². The predicted molar refractivity (Wildman–Crippen MR) is 108 cm³/mol. The summed E-state index contributed by atoms with van der Waals surface area (Å²) in [7, 11) is 1.67. The molecule has 1 heterocycles. The molecule has 27 heavy (non-hydrogen) atoms. The van der Waals surface area contributed by atoms with E-state index in [1.807, 2.05) is 49.4 Å². The number of benzene rings is 2. The molecule has 6 nitrogen and oxygen atoms in total. The highest BCUT2D eigenvalue weighted by atomic mass is 16.5. The molecular formula is C21H24N4O2. The molecular weight excluding hydrogens is 340 g/mol. The third-order valence-corrected chi connectivity index (χ3v) is 3.98. The molecule has 0 aliphatic heterocycles. The van der Waals surface area contributed by atoms with Crippen molar-refractivity contribution < 1.29 is 9.47 Å². The number of nitrogens with zero attached hydrogens (tertiary/aromatic N) is 2. The molecule has 3 rings (SSSR count). The van der Waals surface area contributed by atoms with Gasteiger partial charge in [-0.2, -0.15) is 0 Å². The molecule has 0 unspecified atom stereocenters. The van der Waals surface area contributed by atoms with Gasteiger partial charge < -0.3 is 20.1 Å². The van der Waals surface area contributed by atoms with Crippen LogP contribution in [0.25, 0.3) is 0 Å². The van der Waals surface area contributed by atoms with Crippen LogP contribution in [0.2, 0.25) is 0 Å². The van der Waals surface area contributed by atoms with Crippen LogP contribution in [0.5, 0.6) is 11.5 Å². The minimum atomic E-state index is 0.657. The Kier molecular flexibility index (Phi) is 6.46. The highest BCUT2D eigenvalue weighted by Gasteiger charge is 2.01. The summed E-state index contributed by atoms with van der Waals surface area (Å²) in [6.07, 6.45) is 2.45. The zero-order valence-corrected chi connectivity index (χ0v) is 15.6. The van der Waals surface area contributed by atoms with Gasteiger partial charge in [-0.1, -0.05) is 12.1 Å². The largest absolute Gasteiger partial charge is 0.497 e. The molecule has 0 amide bonds. The third kappa shape index (κ3) is 5.60. The summed E-state index contributed by atoms with van der Waals surface area (Å²) in [5, 5.41) is 6.61. The Bertz CT molecular complexity index is 836. The summed E-state index contributed by atoms with van der Waals surface area (Å²) < 4.78 is 10.6. The summed E-state index contributed by atoms with van der Waals surface area (Å²) in [4.78, 5) is 8.55. The van der Waals surface area contributed by atoms with Gasteiger partial charge in [-0.15, -0.1) is 0 Å². The van der Waals surface area contributed by atoms with Crippen LogP contribution < -0.4 is 20.1 Å². The molecule has 0 aliphatic carbocycles. The van der Waals surface area contributed by atoms with Gasteiger partial charge in [-0.25, -0.2) is 9.97 Å². The van der Waals surface area contributed by atoms with E-state index in [2.05, 4.69) is 32.7 Å². The first-order valence-electron chi connectivity index (χ1n) is 8.95. The summed E-state index contributed by atoms with van der Waals surface area (Å²) in [6, 6.07) is 17.8. The summed E-state index contributed by atoms with van der Waals surface area (Å²) >= 11 is 0. The normalized spacial score (nSPS) is 10.3. The molecule has 6 heteroatoms. The van der Waals surface area contributed by atoms with Gasteiger partial charge in [0.15, 0.2) is 0 Å². The number of methoxy groups -OCH3 is 1. The molecule has 0 atom stereocenters. The van der Waals surface area contributed by atoms with Crippen molar-refractivity contribution in [3.63, 3.8) is 0 Å². The summed E-state index contributed by atoms with van der Waals surface area (Å²) in [5.74, 6) is 3.24. The van der Waals surface area contributed by atoms with Crippen molar-refractivity contribution in [2.24, 2.45) is 0 Å². The maximum Gasteiger partial charge on any atom is 0.135 e. The lowest BCUT2D eigenvalue weighted by atomic mass is 10.1. The van der Waals surface area contributed by atoms with Crippen LogP contribution >= 0.6 is 0 Å². The Hall–Kier alpha value is -3.28. The van der Waals surface area contributed by atoms with Gasteiger partial charge in [0.1, 0.15) is 29.5 Å². The molecule has 0 aliphatic rings. The average Bonchev–Trinajstić information content (AvgIpc) is 2.71. The Morgan fingerprint density at radius 2 is 1.59 bits per heavy atom. The topological polar surface area (TPSA) is 68.3 Å². The van der Waals surface area contributed by atoms with E-state index in [1.165, 1.54) is 5.56 Å². The maximum atomic E-state index is 5.45. The zero-order valence-electron chi connectivity index (χ0n) is 15.6. The predicted octanol–water partition coefficient (Wildman–Crippen LogP) is 4.28. The van der Waals surface area contributed by atoms with Crippen LogP contribution in [-0.2, 0) is 6.42 Å². The van der Waals surface area contributed by atoms with Gasteiger partial charge >= 0.3 is 0 Å². The monoisotopic (exact) mass is 364 g/mol. The quantitative estimate of drug-likeness (QED) is 0.591. The van der Waals surface area contributed by atoms with Crippen LogP contribution in [0.1, 0.15) is 12.5 Å². The molecule has 0 saturated heterocycles. The van der Waals surface area contributed by atoms with Crippen molar-refractivity contribution in [1.82, 2.24) is 9.97 Å². The van der Waals surface area contributed by atoms with Crippen molar-refractivity contribution in [2.75, 3.05) is 30.9 Å². The van der Waals surface area contributed by atoms with E-state index < -0.39 is 0 Å². The van der Waals surface area contributed by atoms with Crippen LogP contribution in [0, 0.1) is 0 Å². The lowest BCUT2D eigenvalue weighted by Gasteiger charge is -2.10. The molecule has 0 radical (unpaired) electrons. The van der Waals surface area contributed by atoms with Crippen LogP contribution in [0.4, 0.5) is 17.3 Å². The van der Waals surface area contributed by atoms with Crippen molar-refractivity contribution in [2.45, 2.75) is 13.3 Å². The summed E-state index contributed by atoms with van der Waals surface area (Å²) in [6.45, 7) is 3.41.